The average Bonchev–Trinajstić information content (AvgIpc) is 3.06. The van der Waals surface area contributed by atoms with Crippen molar-refractivity contribution < 1.29 is 4.84 Å². The zero-order valence-electron chi connectivity index (χ0n) is 11.6. The van der Waals surface area contributed by atoms with Crippen LogP contribution in [0, 0.1) is 0 Å². The fourth-order valence-corrected chi connectivity index (χ4v) is 2.13. The summed E-state index contributed by atoms with van der Waals surface area (Å²) in [7, 11) is 0. The smallest absolute Gasteiger partial charge is 0.167 e. The van der Waals surface area contributed by atoms with Crippen LogP contribution in [0.15, 0.2) is 66.3 Å². The van der Waals surface area contributed by atoms with Crippen LogP contribution >= 0.6 is 11.6 Å². The summed E-state index contributed by atoms with van der Waals surface area (Å²) in [5.74, 6) is 0.605. The first-order valence-corrected chi connectivity index (χ1v) is 7.07. The maximum absolute atomic E-state index is 6.04. The van der Waals surface area contributed by atoms with Gasteiger partial charge in [-0.25, -0.2) is 9.67 Å². The van der Waals surface area contributed by atoms with Crippen molar-refractivity contribution in [1.82, 2.24) is 14.8 Å². The molecular formula is C16H13ClN4O. The summed E-state index contributed by atoms with van der Waals surface area (Å²) in [6.07, 6.45) is 4.70. The van der Waals surface area contributed by atoms with Crippen LogP contribution < -0.4 is 4.84 Å². The number of aromatic nitrogens is 3. The molecule has 0 saturated heterocycles. The number of hydrogen-bond donors (Lipinski definition) is 0. The summed E-state index contributed by atoms with van der Waals surface area (Å²) < 4.78 is 1.64. The first-order chi connectivity index (χ1) is 10.8. The Morgan fingerprint density at radius 1 is 1.18 bits per heavy atom. The first kappa shape index (κ1) is 14.3. The molecule has 0 radical (unpaired) electrons. The maximum Gasteiger partial charge on any atom is 0.167 e. The second kappa shape index (κ2) is 6.87. The highest BCUT2D eigenvalue weighted by molar-refractivity contribution is 6.30. The van der Waals surface area contributed by atoms with Gasteiger partial charge in [0, 0.05) is 16.7 Å². The molecule has 0 bridgehead atoms. The van der Waals surface area contributed by atoms with Gasteiger partial charge >= 0.3 is 0 Å². The van der Waals surface area contributed by atoms with E-state index in [-0.39, 0.29) is 0 Å². The lowest BCUT2D eigenvalue weighted by Gasteiger charge is -2.08. The second-order valence-corrected chi connectivity index (χ2v) is 4.94. The van der Waals surface area contributed by atoms with Crippen molar-refractivity contribution >= 4 is 17.8 Å². The molecule has 2 aromatic carbocycles. The van der Waals surface area contributed by atoms with Crippen LogP contribution in [0.5, 0.6) is 5.75 Å². The Balaban J connectivity index is 1.77. The van der Waals surface area contributed by atoms with Gasteiger partial charge in [0.15, 0.2) is 5.75 Å². The number of hydrogen-bond acceptors (Lipinski definition) is 4. The van der Waals surface area contributed by atoms with Gasteiger partial charge in [0.1, 0.15) is 12.7 Å². The molecule has 3 rings (SSSR count). The molecule has 22 heavy (non-hydrogen) atoms. The van der Waals surface area contributed by atoms with Crippen molar-refractivity contribution in [2.75, 3.05) is 0 Å². The Morgan fingerprint density at radius 3 is 2.82 bits per heavy atom. The average molecular weight is 313 g/mol. The van der Waals surface area contributed by atoms with Gasteiger partial charge in [-0.15, -0.1) is 0 Å². The minimum atomic E-state index is 0.487. The van der Waals surface area contributed by atoms with Crippen molar-refractivity contribution in [1.29, 1.82) is 0 Å². The van der Waals surface area contributed by atoms with E-state index in [1.54, 1.807) is 23.3 Å². The molecule has 3 aromatic rings. The molecule has 0 amide bonds. The molecular weight excluding hydrogens is 300 g/mol. The van der Waals surface area contributed by atoms with Crippen LogP contribution in [0.3, 0.4) is 0 Å². The van der Waals surface area contributed by atoms with E-state index in [0.717, 1.165) is 11.1 Å². The molecule has 0 aliphatic heterocycles. The Morgan fingerprint density at radius 2 is 2.05 bits per heavy atom. The lowest BCUT2D eigenvalue weighted by atomic mass is 10.1. The predicted molar refractivity (Wildman–Crippen MR) is 86.0 cm³/mol. The van der Waals surface area contributed by atoms with Gasteiger partial charge in [-0.2, -0.15) is 5.10 Å². The Bertz CT molecular complexity index is 757. The van der Waals surface area contributed by atoms with Crippen molar-refractivity contribution in [2.45, 2.75) is 6.54 Å². The summed E-state index contributed by atoms with van der Waals surface area (Å²) >= 11 is 6.04. The Hall–Kier alpha value is -2.66. The highest BCUT2D eigenvalue weighted by atomic mass is 35.5. The SMILES string of the molecule is Clc1ccc(-c2ccccc2)c(O/N=C/Cn2cncn2)c1. The predicted octanol–water partition coefficient (Wildman–Crippen LogP) is 3.66. The van der Waals surface area contributed by atoms with Crippen LogP contribution in [-0.2, 0) is 6.54 Å². The number of benzene rings is 2. The summed E-state index contributed by atoms with van der Waals surface area (Å²) in [6.45, 7) is 0.487. The van der Waals surface area contributed by atoms with Crippen molar-refractivity contribution in [3.63, 3.8) is 0 Å². The molecule has 0 aliphatic carbocycles. The van der Waals surface area contributed by atoms with Gasteiger partial charge in [-0.3, -0.25) is 0 Å². The van der Waals surface area contributed by atoms with Crippen LogP contribution in [0.1, 0.15) is 0 Å². The van der Waals surface area contributed by atoms with Crippen LogP contribution in [0.4, 0.5) is 0 Å². The summed E-state index contributed by atoms with van der Waals surface area (Å²) in [5.41, 5.74) is 1.98. The number of rotatable bonds is 5. The number of nitrogens with zero attached hydrogens (tertiary/aromatic N) is 4. The maximum atomic E-state index is 6.04. The third-order valence-electron chi connectivity index (χ3n) is 2.99. The van der Waals surface area contributed by atoms with Gasteiger partial charge in [-0.05, 0) is 17.7 Å². The molecule has 0 atom stereocenters. The van der Waals surface area contributed by atoms with E-state index < -0.39 is 0 Å². The molecule has 0 unspecified atom stereocenters. The number of halogens is 1. The largest absolute Gasteiger partial charge is 0.357 e. The normalized spacial score (nSPS) is 11.0. The number of oxime groups is 1. The topological polar surface area (TPSA) is 52.3 Å². The standard InChI is InChI=1S/C16H13ClN4O/c17-14-6-7-15(13-4-2-1-3-5-13)16(10-14)22-20-8-9-21-12-18-11-19-21/h1-8,10-12H,9H2/b20-8+. The van der Waals surface area contributed by atoms with Crippen LogP contribution in [0.2, 0.25) is 5.02 Å². The highest BCUT2D eigenvalue weighted by Crippen LogP contribution is 2.32. The second-order valence-electron chi connectivity index (χ2n) is 4.50. The fourth-order valence-electron chi connectivity index (χ4n) is 1.97. The van der Waals surface area contributed by atoms with Gasteiger partial charge in [-0.1, -0.05) is 47.1 Å². The zero-order chi connectivity index (χ0) is 15.2. The van der Waals surface area contributed by atoms with Crippen molar-refractivity contribution in [2.24, 2.45) is 5.16 Å². The lowest BCUT2D eigenvalue weighted by Crippen LogP contribution is -2.00. The summed E-state index contributed by atoms with van der Waals surface area (Å²) in [6, 6.07) is 15.4. The zero-order valence-corrected chi connectivity index (χ0v) is 12.4. The molecule has 5 nitrogen and oxygen atoms in total. The first-order valence-electron chi connectivity index (χ1n) is 6.69. The minimum absolute atomic E-state index is 0.487. The van der Waals surface area contributed by atoms with E-state index in [0.29, 0.717) is 17.3 Å². The van der Waals surface area contributed by atoms with Gasteiger partial charge in [0.2, 0.25) is 0 Å². The molecule has 6 heteroatoms. The Kier molecular flexibility index (Phi) is 4.46. The van der Waals surface area contributed by atoms with E-state index in [9.17, 15) is 0 Å². The minimum Gasteiger partial charge on any atom is -0.357 e. The summed E-state index contributed by atoms with van der Waals surface area (Å²) in [5, 5.41) is 8.55. The van der Waals surface area contributed by atoms with Gasteiger partial charge < -0.3 is 4.84 Å². The van der Waals surface area contributed by atoms with Gasteiger partial charge in [0.05, 0.1) is 12.8 Å². The van der Waals surface area contributed by atoms with E-state index in [2.05, 4.69) is 15.2 Å². The molecule has 1 heterocycles. The van der Waals surface area contributed by atoms with Crippen LogP contribution in [-0.4, -0.2) is 21.0 Å². The molecule has 0 saturated carbocycles. The van der Waals surface area contributed by atoms with E-state index in [1.165, 1.54) is 6.33 Å². The monoisotopic (exact) mass is 312 g/mol. The van der Waals surface area contributed by atoms with E-state index >= 15 is 0 Å². The Labute approximate surface area is 132 Å². The molecule has 0 aliphatic rings. The highest BCUT2D eigenvalue weighted by Gasteiger charge is 2.07. The molecule has 0 N–H and O–H groups in total. The quantitative estimate of drug-likeness (QED) is 0.533. The molecule has 0 fully saturated rings. The molecule has 1 aromatic heterocycles. The van der Waals surface area contributed by atoms with Gasteiger partial charge in [0.25, 0.3) is 0 Å². The van der Waals surface area contributed by atoms with Crippen molar-refractivity contribution in [3.8, 4) is 16.9 Å². The molecule has 110 valence electrons. The van der Waals surface area contributed by atoms with Crippen LogP contribution in [0.25, 0.3) is 11.1 Å². The third-order valence-corrected chi connectivity index (χ3v) is 3.22. The fraction of sp³-hybridized carbons (Fsp3) is 0.0625. The summed E-state index contributed by atoms with van der Waals surface area (Å²) in [4.78, 5) is 9.35. The van der Waals surface area contributed by atoms with E-state index in [4.69, 9.17) is 16.4 Å². The van der Waals surface area contributed by atoms with Crippen molar-refractivity contribution in [3.05, 3.63) is 66.2 Å². The third kappa shape index (κ3) is 3.51. The molecule has 0 spiro atoms. The van der Waals surface area contributed by atoms with E-state index in [1.807, 2.05) is 42.5 Å². The lowest BCUT2D eigenvalue weighted by molar-refractivity contribution is 0.343.